The van der Waals surface area contributed by atoms with Gasteiger partial charge in [0.15, 0.2) is 0 Å². The van der Waals surface area contributed by atoms with E-state index < -0.39 is 0 Å². The quantitative estimate of drug-likeness (QED) is 0.600. The number of hydrazine groups is 1. The summed E-state index contributed by atoms with van der Waals surface area (Å²) in [7, 11) is 0. The summed E-state index contributed by atoms with van der Waals surface area (Å²) in [6.07, 6.45) is 1.82. The molecule has 1 amide bonds. The number of nitrogens with one attached hydrogen (secondary N) is 1. The monoisotopic (exact) mass is 247 g/mol. The fraction of sp³-hybridized carbons (Fsp3) is 0.417. The van der Waals surface area contributed by atoms with Crippen molar-refractivity contribution >= 4 is 11.6 Å². The SMILES string of the molecule is CC(C)N(CCC#N)C(=O)c1cc(NN)ccn1. The van der Waals surface area contributed by atoms with E-state index in [0.717, 1.165) is 0 Å². The summed E-state index contributed by atoms with van der Waals surface area (Å²) in [6.45, 7) is 4.20. The number of hydrogen-bond donors (Lipinski definition) is 2. The topological polar surface area (TPSA) is 95.0 Å². The van der Waals surface area contributed by atoms with Crippen molar-refractivity contribution in [1.29, 1.82) is 5.26 Å². The molecule has 0 bridgehead atoms. The molecule has 3 N–H and O–H groups in total. The Hall–Kier alpha value is -2.13. The summed E-state index contributed by atoms with van der Waals surface area (Å²) in [5.41, 5.74) is 3.41. The Kier molecular flexibility index (Phi) is 5.08. The van der Waals surface area contributed by atoms with E-state index >= 15 is 0 Å². The Balaban J connectivity index is 2.91. The van der Waals surface area contributed by atoms with Crippen molar-refractivity contribution in [2.24, 2.45) is 5.84 Å². The Bertz CT molecular complexity index is 452. The third kappa shape index (κ3) is 3.43. The average molecular weight is 247 g/mol. The third-order valence-corrected chi connectivity index (χ3v) is 2.49. The van der Waals surface area contributed by atoms with Crippen LogP contribution in [0.4, 0.5) is 5.69 Å². The van der Waals surface area contributed by atoms with Gasteiger partial charge in [-0.05, 0) is 26.0 Å². The fourth-order valence-electron chi connectivity index (χ4n) is 1.55. The second kappa shape index (κ2) is 6.57. The molecule has 0 radical (unpaired) electrons. The number of anilines is 1. The van der Waals surface area contributed by atoms with Crippen LogP contribution in [0.5, 0.6) is 0 Å². The zero-order valence-electron chi connectivity index (χ0n) is 10.6. The maximum Gasteiger partial charge on any atom is 0.272 e. The predicted molar refractivity (Wildman–Crippen MR) is 68.4 cm³/mol. The van der Waals surface area contributed by atoms with Gasteiger partial charge in [0.1, 0.15) is 5.69 Å². The molecule has 0 aliphatic rings. The van der Waals surface area contributed by atoms with Crippen LogP contribution in [0.15, 0.2) is 18.3 Å². The van der Waals surface area contributed by atoms with Crippen molar-refractivity contribution < 1.29 is 4.79 Å². The largest absolute Gasteiger partial charge is 0.334 e. The van der Waals surface area contributed by atoms with Gasteiger partial charge in [0.2, 0.25) is 0 Å². The second-order valence-electron chi connectivity index (χ2n) is 4.07. The van der Waals surface area contributed by atoms with Crippen LogP contribution < -0.4 is 11.3 Å². The minimum absolute atomic E-state index is 0.0159. The first-order valence-electron chi connectivity index (χ1n) is 5.70. The van der Waals surface area contributed by atoms with Crippen molar-refractivity contribution in [3.63, 3.8) is 0 Å². The molecule has 0 aromatic carbocycles. The first-order chi connectivity index (χ1) is 8.60. The lowest BCUT2D eigenvalue weighted by Gasteiger charge is -2.25. The molecule has 18 heavy (non-hydrogen) atoms. The average Bonchev–Trinajstić information content (AvgIpc) is 2.38. The van der Waals surface area contributed by atoms with Crippen LogP contribution in [0.3, 0.4) is 0 Å². The predicted octanol–water partition coefficient (Wildman–Crippen LogP) is 1.13. The fourth-order valence-corrected chi connectivity index (χ4v) is 1.55. The molecule has 0 fully saturated rings. The van der Waals surface area contributed by atoms with E-state index in [2.05, 4.69) is 10.4 Å². The van der Waals surface area contributed by atoms with Crippen LogP contribution in [-0.2, 0) is 0 Å². The number of amides is 1. The molecule has 1 aromatic heterocycles. The molecular formula is C12H17N5O. The van der Waals surface area contributed by atoms with E-state index in [9.17, 15) is 4.79 Å². The molecule has 1 aromatic rings. The van der Waals surface area contributed by atoms with E-state index in [4.69, 9.17) is 11.1 Å². The number of carbonyl (C=O) groups excluding carboxylic acids is 1. The van der Waals surface area contributed by atoms with Crippen molar-refractivity contribution in [3.8, 4) is 6.07 Å². The molecule has 0 atom stereocenters. The van der Waals surface area contributed by atoms with Gasteiger partial charge in [0.05, 0.1) is 18.2 Å². The lowest BCUT2D eigenvalue weighted by Crippen LogP contribution is -2.38. The van der Waals surface area contributed by atoms with Gasteiger partial charge in [0, 0.05) is 18.8 Å². The van der Waals surface area contributed by atoms with Gasteiger partial charge in [-0.15, -0.1) is 0 Å². The molecule has 0 aliphatic carbocycles. The van der Waals surface area contributed by atoms with E-state index in [-0.39, 0.29) is 11.9 Å². The third-order valence-electron chi connectivity index (χ3n) is 2.49. The Labute approximate surface area is 106 Å². The summed E-state index contributed by atoms with van der Waals surface area (Å²) in [4.78, 5) is 17.9. The van der Waals surface area contributed by atoms with Gasteiger partial charge >= 0.3 is 0 Å². The highest BCUT2D eigenvalue weighted by Crippen LogP contribution is 2.11. The Morgan fingerprint density at radius 2 is 2.39 bits per heavy atom. The van der Waals surface area contributed by atoms with E-state index in [1.165, 1.54) is 6.20 Å². The van der Waals surface area contributed by atoms with Crippen LogP contribution >= 0.6 is 0 Å². The molecule has 0 saturated carbocycles. The molecule has 6 nitrogen and oxygen atoms in total. The Morgan fingerprint density at radius 1 is 1.67 bits per heavy atom. The first-order valence-corrected chi connectivity index (χ1v) is 5.70. The summed E-state index contributed by atoms with van der Waals surface area (Å²) < 4.78 is 0. The lowest BCUT2D eigenvalue weighted by molar-refractivity contribution is 0.0704. The minimum Gasteiger partial charge on any atom is -0.334 e. The number of hydrogen-bond acceptors (Lipinski definition) is 5. The summed E-state index contributed by atoms with van der Waals surface area (Å²) in [5, 5.41) is 8.60. The number of rotatable bonds is 5. The van der Waals surface area contributed by atoms with Gasteiger partial charge in [0.25, 0.3) is 5.91 Å². The van der Waals surface area contributed by atoms with Crippen molar-refractivity contribution in [2.75, 3.05) is 12.0 Å². The van der Waals surface area contributed by atoms with Crippen LogP contribution in [0.1, 0.15) is 30.8 Å². The molecule has 0 unspecified atom stereocenters. The molecule has 6 heteroatoms. The summed E-state index contributed by atoms with van der Waals surface area (Å²) in [5.74, 6) is 5.09. The number of nitrogens with zero attached hydrogens (tertiary/aromatic N) is 3. The molecule has 0 saturated heterocycles. The molecule has 1 heterocycles. The maximum atomic E-state index is 12.2. The highest BCUT2D eigenvalue weighted by molar-refractivity contribution is 5.93. The lowest BCUT2D eigenvalue weighted by atomic mass is 10.2. The number of nitrogens with two attached hydrogens (primary N) is 1. The van der Waals surface area contributed by atoms with E-state index in [1.54, 1.807) is 17.0 Å². The minimum atomic E-state index is -0.197. The van der Waals surface area contributed by atoms with Crippen LogP contribution in [-0.4, -0.2) is 28.4 Å². The van der Waals surface area contributed by atoms with Crippen LogP contribution in [0.25, 0.3) is 0 Å². The highest BCUT2D eigenvalue weighted by atomic mass is 16.2. The zero-order chi connectivity index (χ0) is 13.5. The number of carbonyl (C=O) groups is 1. The van der Waals surface area contributed by atoms with Gasteiger partial charge < -0.3 is 10.3 Å². The van der Waals surface area contributed by atoms with Gasteiger partial charge in [-0.2, -0.15) is 5.26 Å². The summed E-state index contributed by atoms with van der Waals surface area (Å²) >= 11 is 0. The zero-order valence-corrected chi connectivity index (χ0v) is 10.6. The Morgan fingerprint density at radius 3 is 2.94 bits per heavy atom. The molecule has 0 aliphatic heterocycles. The van der Waals surface area contributed by atoms with E-state index in [0.29, 0.717) is 24.3 Å². The van der Waals surface area contributed by atoms with Crippen LogP contribution in [0.2, 0.25) is 0 Å². The van der Waals surface area contributed by atoms with Gasteiger partial charge in [-0.3, -0.25) is 15.6 Å². The van der Waals surface area contributed by atoms with Crippen molar-refractivity contribution in [2.45, 2.75) is 26.3 Å². The number of pyridine rings is 1. The number of nitriles is 1. The molecule has 1 rings (SSSR count). The van der Waals surface area contributed by atoms with Crippen LogP contribution in [0, 0.1) is 11.3 Å². The highest BCUT2D eigenvalue weighted by Gasteiger charge is 2.19. The second-order valence-corrected chi connectivity index (χ2v) is 4.07. The normalized spacial score (nSPS) is 9.94. The standard InChI is InChI=1S/C12H17N5O/c1-9(2)17(7-3-5-13)12(18)11-8-10(16-14)4-6-15-11/h4,6,8-9H,3,7,14H2,1-2H3,(H,15,16). The smallest absolute Gasteiger partial charge is 0.272 e. The van der Waals surface area contributed by atoms with Crippen molar-refractivity contribution in [1.82, 2.24) is 9.88 Å². The molecule has 96 valence electrons. The number of nitrogen functional groups attached to an aromatic ring is 1. The maximum absolute atomic E-state index is 12.2. The van der Waals surface area contributed by atoms with E-state index in [1.807, 2.05) is 19.9 Å². The number of aromatic nitrogens is 1. The van der Waals surface area contributed by atoms with Crippen molar-refractivity contribution in [3.05, 3.63) is 24.0 Å². The molecule has 0 spiro atoms. The summed E-state index contributed by atoms with van der Waals surface area (Å²) in [6, 6.07) is 5.31. The molecular weight excluding hydrogens is 230 g/mol. The first kappa shape index (κ1) is 13.9. The van der Waals surface area contributed by atoms with Gasteiger partial charge in [-0.25, -0.2) is 0 Å². The van der Waals surface area contributed by atoms with Gasteiger partial charge in [-0.1, -0.05) is 0 Å².